The Balaban J connectivity index is 1.47. The zero-order valence-corrected chi connectivity index (χ0v) is 20.3. The highest BCUT2D eigenvalue weighted by Crippen LogP contribution is 2.34. The van der Waals surface area contributed by atoms with Crippen molar-refractivity contribution in [2.24, 2.45) is 0 Å². The van der Waals surface area contributed by atoms with E-state index in [1.807, 2.05) is 24.0 Å². The fraction of sp³-hybridized carbons (Fsp3) is 0.207. The Morgan fingerprint density at radius 1 is 0.912 bits per heavy atom. The first kappa shape index (κ1) is 22.4. The number of pyridine rings is 2. The molecule has 0 aliphatic rings. The Hall–Kier alpha value is -3.44. The van der Waals surface area contributed by atoms with E-state index in [0.717, 1.165) is 40.0 Å². The van der Waals surface area contributed by atoms with Gasteiger partial charge in [-0.25, -0.2) is 9.37 Å². The summed E-state index contributed by atoms with van der Waals surface area (Å²) in [5.41, 5.74) is 10.3. The van der Waals surface area contributed by atoms with Crippen LogP contribution < -0.4 is 0 Å². The van der Waals surface area contributed by atoms with Gasteiger partial charge < -0.3 is 0 Å². The molecule has 0 radical (unpaired) electrons. The molecule has 3 aromatic heterocycles. The van der Waals surface area contributed by atoms with E-state index in [2.05, 4.69) is 67.1 Å². The van der Waals surface area contributed by atoms with Crippen molar-refractivity contribution in [1.82, 2.24) is 15.0 Å². The van der Waals surface area contributed by atoms with Gasteiger partial charge in [0.1, 0.15) is 5.82 Å². The van der Waals surface area contributed by atoms with Crippen molar-refractivity contribution in [2.45, 2.75) is 39.0 Å². The largest absolute Gasteiger partial charge is 0.264 e. The molecule has 0 saturated carbocycles. The second-order valence-electron chi connectivity index (χ2n) is 9.00. The molecule has 0 aliphatic heterocycles. The number of nitrogens with zero attached hydrogens (tertiary/aromatic N) is 3. The molecule has 0 amide bonds. The molecular weight excluding hydrogens is 441 g/mol. The highest BCUT2D eigenvalue weighted by atomic mass is 32.1. The van der Waals surface area contributed by atoms with Crippen molar-refractivity contribution >= 4 is 21.6 Å². The summed E-state index contributed by atoms with van der Waals surface area (Å²) in [5.74, 6) is 0.222. The zero-order valence-electron chi connectivity index (χ0n) is 19.5. The summed E-state index contributed by atoms with van der Waals surface area (Å²) in [6.07, 6.45) is 4.61. The normalized spacial score (nSPS) is 12.4. The molecule has 0 bridgehead atoms. The predicted octanol–water partition coefficient (Wildman–Crippen LogP) is 8.03. The molecule has 3 heterocycles. The van der Waals surface area contributed by atoms with Crippen LogP contribution in [0.4, 0.5) is 4.39 Å². The molecule has 3 nitrogen and oxygen atoms in total. The highest BCUT2D eigenvalue weighted by molar-refractivity contribution is 7.16. The van der Waals surface area contributed by atoms with Gasteiger partial charge in [-0.2, -0.15) is 0 Å². The number of fused-ring (bicyclic) bond motifs is 1. The number of hydrogen-bond donors (Lipinski definition) is 0. The minimum atomic E-state index is -0.232. The van der Waals surface area contributed by atoms with Crippen LogP contribution in [0.15, 0.2) is 78.6 Å². The third kappa shape index (κ3) is 4.48. The lowest BCUT2D eigenvalue weighted by molar-refractivity contribution is 0.628. The topological polar surface area (TPSA) is 38.7 Å². The summed E-state index contributed by atoms with van der Waals surface area (Å²) < 4.78 is 15.0. The van der Waals surface area contributed by atoms with E-state index in [1.54, 1.807) is 23.5 Å². The average Bonchev–Trinajstić information content (AvgIpc) is 3.32. The third-order valence-corrected chi connectivity index (χ3v) is 7.01. The number of benzene rings is 2. The fourth-order valence-corrected chi connectivity index (χ4v) is 5.14. The van der Waals surface area contributed by atoms with Crippen LogP contribution >= 0.6 is 11.3 Å². The summed E-state index contributed by atoms with van der Waals surface area (Å²) in [5, 5.41) is 0. The molecule has 2 aromatic carbocycles. The van der Waals surface area contributed by atoms with E-state index in [4.69, 9.17) is 4.98 Å². The van der Waals surface area contributed by atoms with Crippen LogP contribution in [0.5, 0.6) is 0 Å². The number of aromatic nitrogens is 3. The standard InChI is InChI=1S/C29H26FN3S/c1-18(2)29-25(20-5-4-6-22(30)14-20)9-8-23(33-29)13-19(3)26-16-31-12-11-24(26)21-7-10-28-27(15-21)32-17-34-28/h4-12,14-19H,13H2,1-3H3. The molecule has 5 aromatic rings. The van der Waals surface area contributed by atoms with Crippen LogP contribution in [0.3, 0.4) is 0 Å². The second kappa shape index (κ2) is 9.43. The van der Waals surface area contributed by atoms with Crippen molar-refractivity contribution in [3.8, 4) is 22.3 Å². The maximum atomic E-state index is 13.8. The van der Waals surface area contributed by atoms with Crippen LogP contribution in [0.2, 0.25) is 0 Å². The lowest BCUT2D eigenvalue weighted by Gasteiger charge is -2.18. The van der Waals surface area contributed by atoms with Crippen molar-refractivity contribution < 1.29 is 4.39 Å². The minimum Gasteiger partial charge on any atom is -0.264 e. The van der Waals surface area contributed by atoms with E-state index >= 15 is 0 Å². The van der Waals surface area contributed by atoms with Gasteiger partial charge >= 0.3 is 0 Å². The lowest BCUT2D eigenvalue weighted by atomic mass is 9.89. The molecule has 0 fully saturated rings. The quantitative estimate of drug-likeness (QED) is 0.254. The van der Waals surface area contributed by atoms with Crippen LogP contribution in [-0.4, -0.2) is 15.0 Å². The number of hydrogen-bond acceptors (Lipinski definition) is 4. The summed E-state index contributed by atoms with van der Waals surface area (Å²) in [6, 6.07) is 19.4. The molecule has 1 unspecified atom stereocenters. The van der Waals surface area contributed by atoms with Gasteiger partial charge in [0.2, 0.25) is 0 Å². The van der Waals surface area contributed by atoms with E-state index < -0.39 is 0 Å². The smallest absolute Gasteiger partial charge is 0.123 e. The highest BCUT2D eigenvalue weighted by Gasteiger charge is 2.17. The maximum Gasteiger partial charge on any atom is 0.123 e. The molecule has 5 heteroatoms. The monoisotopic (exact) mass is 467 g/mol. The molecule has 5 rings (SSSR count). The Kier molecular flexibility index (Phi) is 6.20. The number of halogens is 1. The van der Waals surface area contributed by atoms with Gasteiger partial charge in [-0.05, 0) is 76.9 Å². The summed E-state index contributed by atoms with van der Waals surface area (Å²) in [7, 11) is 0. The molecule has 1 atom stereocenters. The third-order valence-electron chi connectivity index (χ3n) is 6.20. The Morgan fingerprint density at radius 2 is 1.76 bits per heavy atom. The minimum absolute atomic E-state index is 0.224. The lowest BCUT2D eigenvalue weighted by Crippen LogP contribution is -2.06. The van der Waals surface area contributed by atoms with Crippen molar-refractivity contribution in [3.05, 3.63) is 101 Å². The summed E-state index contributed by atoms with van der Waals surface area (Å²) in [6.45, 7) is 6.48. The molecule has 34 heavy (non-hydrogen) atoms. The molecule has 0 spiro atoms. The van der Waals surface area contributed by atoms with Gasteiger partial charge in [0.25, 0.3) is 0 Å². The maximum absolute atomic E-state index is 13.8. The SMILES string of the molecule is CC(C)c1nc(CC(C)c2cnccc2-c2ccc3scnc3c2)ccc1-c1cccc(F)c1. The van der Waals surface area contributed by atoms with Crippen LogP contribution in [-0.2, 0) is 6.42 Å². The Bertz CT molecular complexity index is 1460. The second-order valence-corrected chi connectivity index (χ2v) is 9.89. The average molecular weight is 468 g/mol. The van der Waals surface area contributed by atoms with Crippen molar-refractivity contribution in [3.63, 3.8) is 0 Å². The van der Waals surface area contributed by atoms with Crippen LogP contribution in [0, 0.1) is 5.82 Å². The number of rotatable bonds is 6. The van der Waals surface area contributed by atoms with Crippen LogP contribution in [0.25, 0.3) is 32.5 Å². The van der Waals surface area contributed by atoms with Crippen LogP contribution in [0.1, 0.15) is 49.6 Å². The van der Waals surface area contributed by atoms with Gasteiger partial charge in [-0.1, -0.05) is 45.0 Å². The van der Waals surface area contributed by atoms with Gasteiger partial charge in [0, 0.05) is 23.7 Å². The van der Waals surface area contributed by atoms with Gasteiger partial charge in [-0.3, -0.25) is 9.97 Å². The molecular formula is C29H26FN3S. The van der Waals surface area contributed by atoms with E-state index in [-0.39, 0.29) is 17.7 Å². The fourth-order valence-electron chi connectivity index (χ4n) is 4.48. The Labute approximate surface area is 203 Å². The van der Waals surface area contributed by atoms with Crippen molar-refractivity contribution in [2.75, 3.05) is 0 Å². The first-order valence-electron chi connectivity index (χ1n) is 11.5. The summed E-state index contributed by atoms with van der Waals surface area (Å²) >= 11 is 1.65. The molecule has 0 saturated heterocycles. The zero-order chi connectivity index (χ0) is 23.7. The van der Waals surface area contributed by atoms with E-state index in [1.165, 1.54) is 21.9 Å². The van der Waals surface area contributed by atoms with E-state index in [9.17, 15) is 4.39 Å². The van der Waals surface area contributed by atoms with Gasteiger partial charge in [-0.15, -0.1) is 11.3 Å². The van der Waals surface area contributed by atoms with E-state index in [0.29, 0.717) is 0 Å². The molecule has 0 aliphatic carbocycles. The van der Waals surface area contributed by atoms with Gasteiger partial charge in [0.05, 0.1) is 21.4 Å². The molecule has 170 valence electrons. The Morgan fingerprint density at radius 3 is 2.59 bits per heavy atom. The van der Waals surface area contributed by atoms with Crippen molar-refractivity contribution in [1.29, 1.82) is 0 Å². The first-order chi connectivity index (χ1) is 16.5. The first-order valence-corrected chi connectivity index (χ1v) is 12.4. The van der Waals surface area contributed by atoms with Gasteiger partial charge in [0.15, 0.2) is 0 Å². The summed E-state index contributed by atoms with van der Waals surface area (Å²) in [4.78, 5) is 13.9. The predicted molar refractivity (Wildman–Crippen MR) is 139 cm³/mol. The molecule has 0 N–H and O–H groups in total. The number of thiazole rings is 1.